The molecule has 0 aliphatic rings. The molecule has 1 aromatic heterocycles. The van der Waals surface area contributed by atoms with E-state index in [1.807, 2.05) is 50.4 Å². The molecule has 4 rings (SSSR count). The molecule has 0 aliphatic heterocycles. The summed E-state index contributed by atoms with van der Waals surface area (Å²) in [6.07, 6.45) is -1.68. The summed E-state index contributed by atoms with van der Waals surface area (Å²) in [7, 11) is 0. The number of hydrazine groups is 1. The fourth-order valence-corrected chi connectivity index (χ4v) is 4.54. The highest BCUT2D eigenvalue weighted by Gasteiger charge is 2.31. The second-order valence-electron chi connectivity index (χ2n) is 8.90. The van der Waals surface area contributed by atoms with Crippen LogP contribution in [0.1, 0.15) is 37.7 Å². The van der Waals surface area contributed by atoms with Crippen molar-refractivity contribution in [2.75, 3.05) is 11.3 Å². The van der Waals surface area contributed by atoms with Crippen LogP contribution in [0.4, 0.5) is 27.6 Å². The third-order valence-electron chi connectivity index (χ3n) is 6.00. The lowest BCUT2D eigenvalue weighted by Gasteiger charge is -2.26. The van der Waals surface area contributed by atoms with Gasteiger partial charge in [0.05, 0.1) is 17.1 Å². The summed E-state index contributed by atoms with van der Waals surface area (Å²) < 4.78 is 71.4. The first-order valence-electron chi connectivity index (χ1n) is 12.9. The number of alkyl halides is 5. The van der Waals surface area contributed by atoms with Crippen LogP contribution < -0.4 is 21.3 Å². The van der Waals surface area contributed by atoms with Crippen molar-refractivity contribution in [1.29, 1.82) is 0 Å². The van der Waals surface area contributed by atoms with Crippen molar-refractivity contribution >= 4 is 23.1 Å². The zero-order valence-electron chi connectivity index (χ0n) is 23.7. The smallest absolute Gasteiger partial charge is 0.406 e. The van der Waals surface area contributed by atoms with Crippen molar-refractivity contribution in [3.8, 4) is 22.6 Å². The van der Waals surface area contributed by atoms with E-state index in [4.69, 9.17) is 11.6 Å². The van der Waals surface area contributed by atoms with Gasteiger partial charge in [0.25, 0.3) is 5.92 Å². The number of nitrogens with two attached hydrogens (primary N) is 2. The van der Waals surface area contributed by atoms with Crippen LogP contribution >= 0.6 is 11.8 Å². The Morgan fingerprint density at radius 1 is 0.952 bits per heavy atom. The fraction of sp³-hybridized carbons (Fsp3) is 0.233. The Balaban J connectivity index is 0.00000237. The molecule has 0 atom stereocenters. The number of anilines is 1. The maximum absolute atomic E-state index is 14.1. The Kier molecular flexibility index (Phi) is 10.3. The maximum atomic E-state index is 14.1. The van der Waals surface area contributed by atoms with Gasteiger partial charge in [0.15, 0.2) is 0 Å². The van der Waals surface area contributed by atoms with Gasteiger partial charge in [0, 0.05) is 29.3 Å². The van der Waals surface area contributed by atoms with Crippen molar-refractivity contribution in [3.05, 3.63) is 95.9 Å². The number of thioether (sulfide) groups is 1. The molecule has 0 aliphatic carbocycles. The number of hydrogen-bond donors (Lipinski definition) is 2. The third-order valence-corrected chi connectivity index (χ3v) is 6.73. The SMILES string of the molecule is CC.CSc1cccc(-c2ccc(-n3nc(C(C)(F)F)cc3C)c(N(N)/C(=C\N)c3ccc(OC(F)(F)F)cc3)c2)c1. The van der Waals surface area contributed by atoms with Gasteiger partial charge in [-0.3, -0.25) is 5.01 Å². The summed E-state index contributed by atoms with van der Waals surface area (Å²) in [6.45, 7) is 6.40. The lowest BCUT2D eigenvalue weighted by atomic mass is 10.0. The summed E-state index contributed by atoms with van der Waals surface area (Å²) in [6, 6.07) is 19.4. The van der Waals surface area contributed by atoms with Crippen molar-refractivity contribution in [2.45, 2.75) is 44.9 Å². The van der Waals surface area contributed by atoms with Crippen molar-refractivity contribution in [2.24, 2.45) is 11.6 Å². The topological polar surface area (TPSA) is 82.3 Å². The van der Waals surface area contributed by atoms with E-state index in [1.165, 1.54) is 34.1 Å². The molecule has 0 spiro atoms. The normalized spacial score (nSPS) is 12.0. The molecule has 224 valence electrons. The Hall–Kier alpha value is -4.03. The minimum absolute atomic E-state index is 0.237. The lowest BCUT2D eigenvalue weighted by Crippen LogP contribution is -2.31. The molecule has 0 radical (unpaired) electrons. The van der Waals surface area contributed by atoms with Crippen molar-refractivity contribution < 1.29 is 26.7 Å². The molecular weight excluding hydrogens is 573 g/mol. The predicted octanol–water partition coefficient (Wildman–Crippen LogP) is 8.24. The molecule has 12 heteroatoms. The van der Waals surface area contributed by atoms with E-state index in [9.17, 15) is 22.0 Å². The molecule has 4 aromatic rings. The van der Waals surface area contributed by atoms with Gasteiger partial charge in [-0.1, -0.05) is 32.0 Å². The average Bonchev–Trinajstić information content (AvgIpc) is 3.36. The minimum Gasteiger partial charge on any atom is -0.406 e. The standard InChI is InChI=1S/C28H26F5N5OS.C2H6/c1-17-13-26(27(2,29)30)36-38(17)23-12-9-20(19-5-4-6-22(14-19)40-3)15-24(23)37(35)25(16-34)18-7-10-21(11-8-18)39-28(31,32)33;1-2/h4-16H,34-35H2,1-3H3;1-2H3/b25-16-;. The molecular formula is C30H32F5N5OS. The summed E-state index contributed by atoms with van der Waals surface area (Å²) in [4.78, 5) is 1.04. The van der Waals surface area contributed by atoms with E-state index in [2.05, 4.69) is 9.84 Å². The number of nitrogens with zero attached hydrogens (tertiary/aromatic N) is 3. The number of aryl methyl sites for hydroxylation is 1. The molecule has 6 nitrogen and oxygen atoms in total. The molecule has 0 amide bonds. The summed E-state index contributed by atoms with van der Waals surface area (Å²) in [5.74, 6) is 3.01. The number of benzene rings is 3. The highest BCUT2D eigenvalue weighted by molar-refractivity contribution is 7.98. The van der Waals surface area contributed by atoms with Crippen LogP contribution in [0, 0.1) is 6.92 Å². The zero-order chi connectivity index (χ0) is 31.2. The van der Waals surface area contributed by atoms with E-state index in [-0.39, 0.29) is 5.70 Å². The van der Waals surface area contributed by atoms with E-state index >= 15 is 0 Å². The number of halogens is 5. The molecule has 0 saturated heterocycles. The monoisotopic (exact) mass is 605 g/mol. The molecule has 3 aromatic carbocycles. The van der Waals surface area contributed by atoms with Gasteiger partial charge in [-0.05, 0) is 78.9 Å². The molecule has 0 saturated carbocycles. The Bertz CT molecular complexity index is 1530. The quantitative estimate of drug-likeness (QED) is 0.0911. The largest absolute Gasteiger partial charge is 0.573 e. The molecule has 42 heavy (non-hydrogen) atoms. The van der Waals surface area contributed by atoms with Gasteiger partial charge in [-0.2, -0.15) is 13.9 Å². The Labute approximate surface area is 245 Å². The number of rotatable bonds is 8. The summed E-state index contributed by atoms with van der Waals surface area (Å²) in [5.41, 5.74) is 8.99. The fourth-order valence-electron chi connectivity index (χ4n) is 4.08. The number of hydrogen-bond acceptors (Lipinski definition) is 6. The first-order chi connectivity index (χ1) is 19.8. The molecule has 0 fully saturated rings. The summed E-state index contributed by atoms with van der Waals surface area (Å²) in [5, 5.41) is 5.37. The van der Waals surface area contributed by atoms with Gasteiger partial charge in [-0.25, -0.2) is 10.5 Å². The van der Waals surface area contributed by atoms with Crippen molar-refractivity contribution in [3.63, 3.8) is 0 Å². The summed E-state index contributed by atoms with van der Waals surface area (Å²) >= 11 is 1.58. The van der Waals surface area contributed by atoms with Crippen molar-refractivity contribution in [1.82, 2.24) is 9.78 Å². The van der Waals surface area contributed by atoms with E-state index in [1.54, 1.807) is 30.8 Å². The third kappa shape index (κ3) is 7.62. The van der Waals surface area contributed by atoms with Crippen LogP contribution in [-0.2, 0) is 5.92 Å². The van der Waals surface area contributed by atoms with E-state index < -0.39 is 23.7 Å². The van der Waals surface area contributed by atoms with Crippen LogP contribution in [0.25, 0.3) is 22.5 Å². The predicted molar refractivity (Wildman–Crippen MR) is 158 cm³/mol. The van der Waals surface area contributed by atoms with E-state index in [0.29, 0.717) is 22.6 Å². The molecule has 4 N–H and O–H groups in total. The van der Waals surface area contributed by atoms with E-state index in [0.717, 1.165) is 35.1 Å². The van der Waals surface area contributed by atoms with Gasteiger partial charge in [0.2, 0.25) is 0 Å². The second kappa shape index (κ2) is 13.3. The Morgan fingerprint density at radius 2 is 1.60 bits per heavy atom. The van der Waals surface area contributed by atoms with Crippen LogP contribution in [0.5, 0.6) is 5.75 Å². The van der Waals surface area contributed by atoms with Gasteiger partial charge in [0.1, 0.15) is 11.4 Å². The highest BCUT2D eigenvalue weighted by atomic mass is 32.2. The van der Waals surface area contributed by atoms with Gasteiger partial charge in [-0.15, -0.1) is 24.9 Å². The van der Waals surface area contributed by atoms with Crippen LogP contribution in [0.15, 0.2) is 83.9 Å². The first kappa shape index (κ1) is 32.5. The Morgan fingerprint density at radius 3 is 2.14 bits per heavy atom. The zero-order valence-corrected chi connectivity index (χ0v) is 24.5. The molecule has 0 bridgehead atoms. The number of aromatic nitrogens is 2. The number of ether oxygens (including phenoxy) is 1. The lowest BCUT2D eigenvalue weighted by molar-refractivity contribution is -0.274. The van der Waals surface area contributed by atoms with Crippen LogP contribution in [0.3, 0.4) is 0 Å². The van der Waals surface area contributed by atoms with Gasteiger partial charge < -0.3 is 10.5 Å². The second-order valence-corrected chi connectivity index (χ2v) is 9.78. The van der Waals surface area contributed by atoms with Crippen LogP contribution in [-0.4, -0.2) is 22.4 Å². The van der Waals surface area contributed by atoms with Crippen LogP contribution in [0.2, 0.25) is 0 Å². The minimum atomic E-state index is -4.84. The van der Waals surface area contributed by atoms with Gasteiger partial charge >= 0.3 is 6.36 Å². The molecule has 0 unspecified atom stereocenters. The average molecular weight is 606 g/mol. The maximum Gasteiger partial charge on any atom is 0.573 e. The highest BCUT2D eigenvalue weighted by Crippen LogP contribution is 2.36. The first-order valence-corrected chi connectivity index (χ1v) is 14.1. The molecule has 1 heterocycles.